The van der Waals surface area contributed by atoms with Crippen molar-refractivity contribution in [1.82, 2.24) is 10.2 Å². The molecule has 5 heterocycles. The topological polar surface area (TPSA) is 142 Å². The minimum atomic E-state index is -0.485. The van der Waals surface area contributed by atoms with Crippen LogP contribution in [0.4, 0.5) is 0 Å². The molecule has 5 aliphatic rings. The van der Waals surface area contributed by atoms with Crippen LogP contribution in [0.5, 0.6) is 0 Å². The van der Waals surface area contributed by atoms with Gasteiger partial charge in [0.1, 0.15) is 0 Å². The standard InChI is InChI=1S/C44H59N5O4.C4H8O2/c1-9-11-12-13-14-15-16-17-18-19-20-49(7)41(51)22-32-38-21-27(3)34(45-38)23-35-29(5)33(26-50)40(47-35)24-36-28(4)31(10-2)39(46-36)25-37-30(6)42(43(32)48-37)44(52)53-8;1-3-4(5)6-2/h23-27,45,50H,9-22H2,1-8H3;3H2,1-2H3/b33-26+,34-23?,36-24?,37-25?,38-32?;. The highest BCUT2D eigenvalue weighted by Crippen LogP contribution is 2.39. The van der Waals surface area contributed by atoms with Crippen molar-refractivity contribution in [3.8, 4) is 0 Å². The Bertz CT molecular complexity index is 1990. The lowest BCUT2D eigenvalue weighted by molar-refractivity contribution is -0.140. The molecule has 5 aliphatic heterocycles. The van der Waals surface area contributed by atoms with Crippen molar-refractivity contribution in [1.29, 1.82) is 0 Å². The zero-order chi connectivity index (χ0) is 43.2. The first-order chi connectivity index (χ1) is 28.3. The molecular formula is C48H67N5O6. The largest absolute Gasteiger partial charge is 0.515 e. The van der Waals surface area contributed by atoms with E-state index < -0.39 is 5.97 Å². The van der Waals surface area contributed by atoms with Gasteiger partial charge in [-0.05, 0) is 80.6 Å². The van der Waals surface area contributed by atoms with E-state index >= 15 is 0 Å². The predicted molar refractivity (Wildman–Crippen MR) is 238 cm³/mol. The Morgan fingerprint density at radius 3 is 2.02 bits per heavy atom. The van der Waals surface area contributed by atoms with Gasteiger partial charge in [-0.15, -0.1) is 0 Å². The molecule has 0 radical (unpaired) electrons. The van der Waals surface area contributed by atoms with Crippen molar-refractivity contribution in [2.45, 2.75) is 138 Å². The van der Waals surface area contributed by atoms with Crippen molar-refractivity contribution in [2.75, 3.05) is 27.8 Å². The highest BCUT2D eigenvalue weighted by molar-refractivity contribution is 6.31. The van der Waals surface area contributed by atoms with E-state index in [0.717, 1.165) is 70.7 Å². The lowest BCUT2D eigenvalue weighted by Crippen LogP contribution is -2.30. The van der Waals surface area contributed by atoms with Crippen LogP contribution >= 0.6 is 0 Å². The Labute approximate surface area is 352 Å². The molecule has 0 aromatic carbocycles. The van der Waals surface area contributed by atoms with E-state index in [-0.39, 0.29) is 24.2 Å². The maximum absolute atomic E-state index is 14.0. The second-order valence-corrected chi connectivity index (χ2v) is 15.9. The molecule has 1 atom stereocenters. The number of carbonyl (C=O) groups excluding carboxylic acids is 3. The van der Waals surface area contributed by atoms with Crippen LogP contribution in [0.25, 0.3) is 0 Å². The average molecular weight is 810 g/mol. The minimum Gasteiger partial charge on any atom is -0.515 e. The molecule has 320 valence electrons. The number of aliphatic imine (C=N–C) groups is 3. The van der Waals surface area contributed by atoms with Crippen LogP contribution < -0.4 is 5.32 Å². The second-order valence-electron chi connectivity index (χ2n) is 15.9. The van der Waals surface area contributed by atoms with Gasteiger partial charge in [0.05, 0.1) is 66.7 Å². The summed E-state index contributed by atoms with van der Waals surface area (Å²) >= 11 is 0. The highest BCUT2D eigenvalue weighted by atomic mass is 16.5. The van der Waals surface area contributed by atoms with Crippen LogP contribution in [-0.2, 0) is 23.9 Å². The Hall–Kier alpha value is -5.06. The van der Waals surface area contributed by atoms with E-state index in [9.17, 15) is 19.5 Å². The third-order valence-electron chi connectivity index (χ3n) is 11.7. The van der Waals surface area contributed by atoms with E-state index in [2.05, 4.69) is 30.8 Å². The third kappa shape index (κ3) is 11.6. The van der Waals surface area contributed by atoms with E-state index in [4.69, 9.17) is 19.7 Å². The molecule has 0 saturated carbocycles. The molecule has 1 saturated heterocycles. The van der Waals surface area contributed by atoms with Crippen molar-refractivity contribution in [3.05, 3.63) is 92.0 Å². The fourth-order valence-corrected chi connectivity index (χ4v) is 7.90. The van der Waals surface area contributed by atoms with E-state index in [1.165, 1.54) is 65.6 Å². The fourth-order valence-electron chi connectivity index (χ4n) is 7.90. The Morgan fingerprint density at radius 1 is 0.814 bits per heavy atom. The number of nitrogens with zero attached hydrogens (tertiary/aromatic N) is 4. The number of unbranched alkanes of at least 4 members (excludes halogenated alkanes) is 9. The highest BCUT2D eigenvalue weighted by Gasteiger charge is 2.36. The van der Waals surface area contributed by atoms with Crippen LogP contribution in [0.2, 0.25) is 0 Å². The van der Waals surface area contributed by atoms with Gasteiger partial charge in [0, 0.05) is 48.5 Å². The quantitative estimate of drug-likeness (QED) is 0.0898. The van der Waals surface area contributed by atoms with Crippen molar-refractivity contribution in [3.63, 3.8) is 0 Å². The summed E-state index contributed by atoms with van der Waals surface area (Å²) < 4.78 is 9.60. The Morgan fingerprint density at radius 2 is 1.44 bits per heavy atom. The molecule has 0 aromatic heterocycles. The van der Waals surface area contributed by atoms with Gasteiger partial charge in [0.25, 0.3) is 0 Å². The number of ether oxygens (including phenoxy) is 2. The number of nitrogens with one attached hydrogen (secondary N) is 1. The van der Waals surface area contributed by atoms with Crippen LogP contribution in [0, 0.1) is 5.92 Å². The summed E-state index contributed by atoms with van der Waals surface area (Å²) in [5.74, 6) is -0.580. The first-order valence-corrected chi connectivity index (χ1v) is 21.6. The van der Waals surface area contributed by atoms with Gasteiger partial charge in [0.15, 0.2) is 0 Å². The maximum atomic E-state index is 14.0. The lowest BCUT2D eigenvalue weighted by Gasteiger charge is -2.20. The Balaban J connectivity index is 0.00000119. The monoisotopic (exact) mass is 810 g/mol. The molecule has 2 N–H and O–H groups in total. The number of fused-ring (bicyclic) bond motifs is 5. The van der Waals surface area contributed by atoms with E-state index in [0.29, 0.717) is 58.8 Å². The molecule has 5 rings (SSSR count). The number of hydrogen-bond donors (Lipinski definition) is 2. The third-order valence-corrected chi connectivity index (χ3v) is 11.7. The number of esters is 2. The molecule has 1 amide bonds. The number of allylic oxidation sites excluding steroid dienone is 10. The molecule has 0 aromatic rings. The maximum Gasteiger partial charge on any atom is 0.340 e. The van der Waals surface area contributed by atoms with Gasteiger partial charge in [-0.2, -0.15) is 0 Å². The van der Waals surface area contributed by atoms with Crippen LogP contribution in [0.15, 0.2) is 107 Å². The van der Waals surface area contributed by atoms with Gasteiger partial charge < -0.3 is 24.8 Å². The summed E-state index contributed by atoms with van der Waals surface area (Å²) in [4.78, 5) is 54.4. The first kappa shape index (κ1) is 46.6. The summed E-state index contributed by atoms with van der Waals surface area (Å²) in [5, 5.41) is 13.9. The number of amides is 1. The van der Waals surface area contributed by atoms with Crippen molar-refractivity contribution >= 4 is 35.0 Å². The van der Waals surface area contributed by atoms with Gasteiger partial charge in [-0.25, -0.2) is 19.8 Å². The SMILES string of the molecule is CCC(=O)OC.CCCCCCCCCCCCN(C)C(=O)CC1=C2CC(C)C(=CC3=C(C)/C(=C\O)C(=N3)C=C3N=C(C=C4N=C1C(C(=O)OC)=C4C)C(CC)=C3C)N2. The van der Waals surface area contributed by atoms with Gasteiger partial charge >= 0.3 is 11.9 Å². The first-order valence-electron chi connectivity index (χ1n) is 21.6. The molecule has 0 spiro atoms. The zero-order valence-corrected chi connectivity index (χ0v) is 37.3. The lowest BCUT2D eigenvalue weighted by atomic mass is 9.93. The number of methoxy groups -OCH3 is 2. The summed E-state index contributed by atoms with van der Waals surface area (Å²) in [7, 11) is 4.64. The van der Waals surface area contributed by atoms with Gasteiger partial charge in [0.2, 0.25) is 5.91 Å². The van der Waals surface area contributed by atoms with Crippen molar-refractivity contribution in [2.24, 2.45) is 20.9 Å². The smallest absolute Gasteiger partial charge is 0.340 e. The summed E-state index contributed by atoms with van der Waals surface area (Å²) in [6.45, 7) is 14.8. The van der Waals surface area contributed by atoms with Gasteiger partial charge in [-0.3, -0.25) is 9.59 Å². The number of carbonyl (C=O) groups is 3. The molecule has 8 bridgehead atoms. The Kier molecular flexibility index (Phi) is 17.7. The number of aliphatic hydroxyl groups excluding tert-OH is 1. The number of hydrogen-bond acceptors (Lipinski definition) is 10. The van der Waals surface area contributed by atoms with E-state index in [1.54, 1.807) is 6.92 Å². The fraction of sp³-hybridized carbons (Fsp3) is 0.542. The van der Waals surface area contributed by atoms with E-state index in [1.807, 2.05) is 50.9 Å². The molecule has 1 fully saturated rings. The van der Waals surface area contributed by atoms with Crippen LogP contribution in [-0.4, -0.2) is 72.8 Å². The average Bonchev–Trinajstić information content (AvgIpc) is 3.94. The molecule has 11 heteroatoms. The van der Waals surface area contributed by atoms with Crippen molar-refractivity contribution < 1.29 is 29.0 Å². The second kappa shape index (κ2) is 22.3. The summed E-state index contributed by atoms with van der Waals surface area (Å²) in [5.41, 5.74) is 11.2. The van der Waals surface area contributed by atoms with Gasteiger partial charge in [-0.1, -0.05) is 85.5 Å². The summed E-state index contributed by atoms with van der Waals surface area (Å²) in [6.07, 6.45) is 21.3. The molecule has 11 nitrogen and oxygen atoms in total. The normalized spacial score (nSPS) is 19.2. The number of aliphatic hydroxyl groups is 1. The summed E-state index contributed by atoms with van der Waals surface area (Å²) in [6, 6.07) is 0. The zero-order valence-electron chi connectivity index (χ0n) is 37.3. The minimum absolute atomic E-state index is 0.0187. The molecule has 0 aliphatic carbocycles. The van der Waals surface area contributed by atoms with Crippen LogP contribution in [0.1, 0.15) is 138 Å². The molecule has 59 heavy (non-hydrogen) atoms. The predicted octanol–water partition coefficient (Wildman–Crippen LogP) is 10.2. The van der Waals surface area contributed by atoms with Crippen LogP contribution in [0.3, 0.4) is 0 Å². The molecule has 1 unspecified atom stereocenters. The number of rotatable bonds is 16. The molecular weight excluding hydrogens is 743 g/mol.